The lowest BCUT2D eigenvalue weighted by molar-refractivity contribution is -0.113. The van der Waals surface area contributed by atoms with E-state index in [4.69, 9.17) is 9.47 Å². The molecule has 0 spiro atoms. The van der Waals surface area contributed by atoms with Gasteiger partial charge in [-0.05, 0) is 24.6 Å². The van der Waals surface area contributed by atoms with E-state index in [1.54, 1.807) is 38.6 Å². The Kier molecular flexibility index (Phi) is 7.37. The number of nitrogens with zero attached hydrogens (tertiary/aromatic N) is 2. The van der Waals surface area contributed by atoms with E-state index >= 15 is 0 Å². The Bertz CT molecular complexity index is 1000. The number of methoxy groups -OCH3 is 2. The largest absolute Gasteiger partial charge is 0.493 e. The Morgan fingerprint density at radius 1 is 1.13 bits per heavy atom. The Balaban J connectivity index is 1.66. The number of aryl methyl sites for hydroxylation is 1. The molecule has 0 fully saturated rings. The van der Waals surface area contributed by atoms with Crippen LogP contribution in [0.5, 0.6) is 11.5 Å². The van der Waals surface area contributed by atoms with Crippen molar-refractivity contribution in [3.05, 3.63) is 65.5 Å². The van der Waals surface area contributed by atoms with E-state index < -0.39 is 0 Å². The fourth-order valence-electron chi connectivity index (χ4n) is 2.92. The molecule has 7 nitrogen and oxygen atoms in total. The Labute approximate surface area is 180 Å². The molecule has 0 aliphatic heterocycles. The van der Waals surface area contributed by atoms with E-state index in [9.17, 15) is 9.90 Å². The molecule has 0 aliphatic carbocycles. The van der Waals surface area contributed by atoms with Crippen LogP contribution in [-0.2, 0) is 17.9 Å². The number of aliphatic hydroxyl groups is 1. The number of nitrogens with one attached hydrogen (secondary N) is 1. The lowest BCUT2D eigenvalue weighted by Crippen LogP contribution is -2.15. The van der Waals surface area contributed by atoms with E-state index in [2.05, 4.69) is 22.4 Å². The number of carbonyl (C=O) groups excluding carboxylic acids is 1. The third kappa shape index (κ3) is 5.34. The molecule has 2 aromatic carbocycles. The van der Waals surface area contributed by atoms with Gasteiger partial charge in [0, 0.05) is 18.3 Å². The molecular weight excluding hydrogens is 402 g/mol. The number of amides is 1. The third-order valence-electron chi connectivity index (χ3n) is 4.52. The molecule has 8 heteroatoms. The van der Waals surface area contributed by atoms with Gasteiger partial charge in [0.05, 0.1) is 38.5 Å². The van der Waals surface area contributed by atoms with Crippen molar-refractivity contribution in [2.45, 2.75) is 25.2 Å². The molecule has 0 saturated heterocycles. The van der Waals surface area contributed by atoms with E-state index in [0.29, 0.717) is 34.6 Å². The first-order valence-electron chi connectivity index (χ1n) is 9.39. The van der Waals surface area contributed by atoms with Crippen LogP contribution < -0.4 is 14.8 Å². The minimum atomic E-state index is -0.164. The van der Waals surface area contributed by atoms with Crippen molar-refractivity contribution in [2.75, 3.05) is 25.3 Å². The third-order valence-corrected chi connectivity index (χ3v) is 5.52. The molecule has 1 heterocycles. The maximum absolute atomic E-state index is 12.4. The number of hydrogen-bond acceptors (Lipinski definition) is 6. The summed E-state index contributed by atoms with van der Waals surface area (Å²) in [4.78, 5) is 16.8. The average molecular weight is 428 g/mol. The Hall–Kier alpha value is -2.97. The molecule has 2 N–H and O–H groups in total. The SMILES string of the molecule is COc1ccc(NC(=O)CSc2ncc(CO)n2Cc2ccc(C)cc2)cc1OC. The van der Waals surface area contributed by atoms with Crippen molar-refractivity contribution < 1.29 is 19.4 Å². The molecule has 0 atom stereocenters. The molecule has 30 heavy (non-hydrogen) atoms. The lowest BCUT2D eigenvalue weighted by atomic mass is 10.1. The van der Waals surface area contributed by atoms with Gasteiger partial charge in [-0.2, -0.15) is 0 Å². The Morgan fingerprint density at radius 3 is 2.53 bits per heavy atom. The average Bonchev–Trinajstić information content (AvgIpc) is 3.15. The van der Waals surface area contributed by atoms with Crippen LogP contribution in [0.3, 0.4) is 0 Å². The second-order valence-corrected chi connectivity index (χ2v) is 7.61. The topological polar surface area (TPSA) is 85.6 Å². The van der Waals surface area contributed by atoms with E-state index in [1.165, 1.54) is 17.3 Å². The molecular formula is C22H25N3O4S. The molecule has 0 unspecified atom stereocenters. The fourth-order valence-corrected chi connectivity index (χ4v) is 3.72. The number of ether oxygens (including phenoxy) is 2. The predicted octanol–water partition coefficient (Wildman–Crippen LogP) is 3.48. The molecule has 1 amide bonds. The first-order valence-corrected chi connectivity index (χ1v) is 10.4. The summed E-state index contributed by atoms with van der Waals surface area (Å²) in [7, 11) is 3.11. The van der Waals surface area contributed by atoms with Crippen molar-refractivity contribution >= 4 is 23.4 Å². The van der Waals surface area contributed by atoms with Crippen LogP contribution in [0, 0.1) is 6.92 Å². The van der Waals surface area contributed by atoms with Crippen molar-refractivity contribution in [3.63, 3.8) is 0 Å². The minimum Gasteiger partial charge on any atom is -0.493 e. The number of rotatable bonds is 9. The summed E-state index contributed by atoms with van der Waals surface area (Å²) in [5.74, 6) is 1.16. The number of aliphatic hydroxyl groups excluding tert-OH is 1. The summed E-state index contributed by atoms with van der Waals surface area (Å²) < 4.78 is 12.4. The van der Waals surface area contributed by atoms with Crippen LogP contribution in [0.15, 0.2) is 53.8 Å². The normalized spacial score (nSPS) is 10.7. The van der Waals surface area contributed by atoms with Gasteiger partial charge in [-0.1, -0.05) is 41.6 Å². The number of aromatic nitrogens is 2. The van der Waals surface area contributed by atoms with Gasteiger partial charge < -0.3 is 24.5 Å². The van der Waals surface area contributed by atoms with Crippen molar-refractivity contribution in [1.29, 1.82) is 0 Å². The van der Waals surface area contributed by atoms with Crippen molar-refractivity contribution in [3.8, 4) is 11.5 Å². The standard InChI is InChI=1S/C22H25N3O4S/c1-15-4-6-16(7-5-15)12-25-18(13-26)11-23-22(25)30-14-21(27)24-17-8-9-19(28-2)20(10-17)29-3/h4-11,26H,12-14H2,1-3H3,(H,24,27). The van der Waals surface area contributed by atoms with Crippen LogP contribution >= 0.6 is 11.8 Å². The predicted molar refractivity (Wildman–Crippen MR) is 117 cm³/mol. The zero-order valence-corrected chi connectivity index (χ0v) is 18.0. The fraction of sp³-hybridized carbons (Fsp3) is 0.273. The maximum atomic E-state index is 12.4. The highest BCUT2D eigenvalue weighted by Crippen LogP contribution is 2.30. The van der Waals surface area contributed by atoms with Crippen LogP contribution in [0.25, 0.3) is 0 Å². The van der Waals surface area contributed by atoms with Gasteiger partial charge in [0.2, 0.25) is 5.91 Å². The molecule has 1 aromatic heterocycles. The molecule has 0 saturated carbocycles. The minimum absolute atomic E-state index is 0.114. The number of benzene rings is 2. The highest BCUT2D eigenvalue weighted by molar-refractivity contribution is 7.99. The van der Waals surface area contributed by atoms with E-state index in [1.807, 2.05) is 23.6 Å². The summed E-state index contributed by atoms with van der Waals surface area (Å²) >= 11 is 1.32. The van der Waals surface area contributed by atoms with Crippen LogP contribution in [0.4, 0.5) is 5.69 Å². The van der Waals surface area contributed by atoms with Crippen molar-refractivity contribution in [1.82, 2.24) is 9.55 Å². The number of anilines is 1. The second-order valence-electron chi connectivity index (χ2n) is 6.67. The first kappa shape index (κ1) is 21.7. The molecule has 3 aromatic rings. The van der Waals surface area contributed by atoms with Crippen LogP contribution in [0.2, 0.25) is 0 Å². The number of hydrogen-bond donors (Lipinski definition) is 2. The smallest absolute Gasteiger partial charge is 0.234 e. The van der Waals surface area contributed by atoms with Crippen molar-refractivity contribution in [2.24, 2.45) is 0 Å². The zero-order valence-electron chi connectivity index (χ0n) is 17.2. The lowest BCUT2D eigenvalue weighted by Gasteiger charge is -2.12. The van der Waals surface area contributed by atoms with Gasteiger partial charge in [0.15, 0.2) is 16.7 Å². The summed E-state index contributed by atoms with van der Waals surface area (Å²) in [6.07, 6.45) is 1.64. The second kappa shape index (κ2) is 10.2. The Morgan fingerprint density at radius 2 is 1.87 bits per heavy atom. The van der Waals surface area contributed by atoms with Gasteiger partial charge in [-0.25, -0.2) is 4.98 Å². The summed E-state index contributed by atoms with van der Waals surface area (Å²) in [6, 6.07) is 13.4. The summed E-state index contributed by atoms with van der Waals surface area (Å²) in [6.45, 7) is 2.51. The monoisotopic (exact) mass is 427 g/mol. The van der Waals surface area contributed by atoms with Crippen LogP contribution in [0.1, 0.15) is 16.8 Å². The number of imidazole rings is 1. The van der Waals surface area contributed by atoms with E-state index in [0.717, 1.165) is 5.56 Å². The van der Waals surface area contributed by atoms with E-state index in [-0.39, 0.29) is 18.3 Å². The first-order chi connectivity index (χ1) is 14.5. The maximum Gasteiger partial charge on any atom is 0.234 e. The summed E-state index contributed by atoms with van der Waals surface area (Å²) in [5.41, 5.74) is 3.62. The van der Waals surface area contributed by atoms with Crippen LogP contribution in [-0.4, -0.2) is 40.5 Å². The van der Waals surface area contributed by atoms with Gasteiger partial charge in [0.1, 0.15) is 0 Å². The van der Waals surface area contributed by atoms with Gasteiger partial charge in [-0.15, -0.1) is 0 Å². The zero-order chi connectivity index (χ0) is 21.5. The highest BCUT2D eigenvalue weighted by atomic mass is 32.2. The molecule has 0 radical (unpaired) electrons. The highest BCUT2D eigenvalue weighted by Gasteiger charge is 2.13. The molecule has 3 rings (SSSR count). The van der Waals surface area contributed by atoms with Gasteiger partial charge >= 0.3 is 0 Å². The number of carbonyl (C=O) groups is 1. The number of thioether (sulfide) groups is 1. The molecule has 158 valence electrons. The quantitative estimate of drug-likeness (QED) is 0.509. The molecule has 0 bridgehead atoms. The summed E-state index contributed by atoms with van der Waals surface area (Å²) in [5, 5.41) is 13.2. The van der Waals surface area contributed by atoms with Gasteiger partial charge in [-0.3, -0.25) is 4.79 Å². The molecule has 0 aliphatic rings. The van der Waals surface area contributed by atoms with Gasteiger partial charge in [0.25, 0.3) is 0 Å².